The zero-order chi connectivity index (χ0) is 11.6. The molecule has 0 aromatic carbocycles. The van der Waals surface area contributed by atoms with Gasteiger partial charge in [-0.15, -0.1) is 13.2 Å². The first-order chi connectivity index (χ1) is 7.86. The van der Waals surface area contributed by atoms with Crippen LogP contribution in [-0.2, 0) is 13.0 Å². The maximum Gasteiger partial charge on any atom is 0.109 e. The Morgan fingerprint density at radius 2 is 2.19 bits per heavy atom. The highest BCUT2D eigenvalue weighted by molar-refractivity contribution is 4.92. The minimum Gasteiger partial charge on any atom is -0.348 e. The van der Waals surface area contributed by atoms with E-state index in [1.54, 1.807) is 24.9 Å². The zero-order valence-corrected chi connectivity index (χ0v) is 9.21. The summed E-state index contributed by atoms with van der Waals surface area (Å²) in [6.07, 6.45) is 13.4. The van der Waals surface area contributed by atoms with Gasteiger partial charge in [-0.2, -0.15) is 0 Å². The number of imidazole rings is 2. The lowest BCUT2D eigenvalue weighted by Crippen LogP contribution is -1.87. The number of nitrogens with zero attached hydrogens (tertiary/aromatic N) is 3. The van der Waals surface area contributed by atoms with Gasteiger partial charge in [0.05, 0.1) is 6.33 Å². The van der Waals surface area contributed by atoms with Crippen LogP contribution in [0.2, 0.25) is 0 Å². The van der Waals surface area contributed by atoms with E-state index >= 15 is 0 Å². The Bertz CT molecular complexity index is 346. The molecular formula is C12H16N4. The van der Waals surface area contributed by atoms with Crippen molar-refractivity contribution in [2.24, 2.45) is 0 Å². The van der Waals surface area contributed by atoms with E-state index in [2.05, 4.69) is 28.1 Å². The molecule has 84 valence electrons. The van der Waals surface area contributed by atoms with Crippen molar-refractivity contribution in [1.82, 2.24) is 19.5 Å². The molecule has 16 heavy (non-hydrogen) atoms. The summed E-state index contributed by atoms with van der Waals surface area (Å²) in [6.45, 7) is 8.01. The number of hydrogen-bond acceptors (Lipinski definition) is 2. The lowest BCUT2D eigenvalue weighted by molar-refractivity contribution is 0.822. The van der Waals surface area contributed by atoms with Gasteiger partial charge in [-0.25, -0.2) is 9.97 Å². The molecule has 0 atom stereocenters. The van der Waals surface area contributed by atoms with Gasteiger partial charge in [-0.05, 0) is 0 Å². The van der Waals surface area contributed by atoms with Crippen molar-refractivity contribution in [2.45, 2.75) is 13.0 Å². The lowest BCUT2D eigenvalue weighted by atomic mass is 10.4. The third-order valence-electron chi connectivity index (χ3n) is 1.79. The van der Waals surface area contributed by atoms with Crippen LogP contribution in [0.1, 0.15) is 5.82 Å². The molecule has 4 nitrogen and oxygen atoms in total. The lowest BCUT2D eigenvalue weighted by Gasteiger charge is -1.89. The first-order valence-corrected chi connectivity index (χ1v) is 5.02. The van der Waals surface area contributed by atoms with Gasteiger partial charge in [0.2, 0.25) is 0 Å². The highest BCUT2D eigenvalue weighted by atomic mass is 15.0. The van der Waals surface area contributed by atoms with Gasteiger partial charge in [-0.3, -0.25) is 0 Å². The van der Waals surface area contributed by atoms with Crippen LogP contribution in [0.4, 0.5) is 0 Å². The molecule has 0 saturated heterocycles. The van der Waals surface area contributed by atoms with Crippen LogP contribution < -0.4 is 0 Å². The van der Waals surface area contributed by atoms with Crippen LogP contribution in [0.15, 0.2) is 56.4 Å². The largest absolute Gasteiger partial charge is 0.348 e. The Kier molecular flexibility index (Phi) is 5.41. The average molecular weight is 216 g/mol. The third-order valence-corrected chi connectivity index (χ3v) is 1.79. The average Bonchev–Trinajstić information content (AvgIpc) is 2.92. The smallest absolute Gasteiger partial charge is 0.109 e. The summed E-state index contributed by atoms with van der Waals surface area (Å²) in [5.41, 5.74) is 0. The summed E-state index contributed by atoms with van der Waals surface area (Å²) in [6, 6.07) is 0. The van der Waals surface area contributed by atoms with E-state index in [1.165, 1.54) is 0 Å². The molecule has 2 rings (SSSR count). The first-order valence-electron chi connectivity index (χ1n) is 5.02. The second-order valence-electron chi connectivity index (χ2n) is 3.08. The van der Waals surface area contributed by atoms with Crippen LogP contribution >= 0.6 is 0 Å². The first kappa shape index (κ1) is 12.0. The molecule has 0 saturated carbocycles. The second-order valence-corrected chi connectivity index (χ2v) is 3.08. The summed E-state index contributed by atoms with van der Waals surface area (Å²) < 4.78 is 1.95. The molecule has 0 unspecified atom stereocenters. The third kappa shape index (κ3) is 4.41. The number of allylic oxidation sites excluding steroid dienone is 2. The van der Waals surface area contributed by atoms with E-state index in [0.717, 1.165) is 18.8 Å². The topological polar surface area (TPSA) is 46.5 Å². The normalized spacial score (nSPS) is 9.00. The number of nitrogens with one attached hydrogen (secondary N) is 1. The zero-order valence-electron chi connectivity index (χ0n) is 9.21. The molecule has 0 aliphatic rings. The highest BCUT2D eigenvalue weighted by Gasteiger charge is 1.85. The molecular weight excluding hydrogens is 200 g/mol. The van der Waals surface area contributed by atoms with Crippen molar-refractivity contribution in [3.63, 3.8) is 0 Å². The number of hydrogen-bond donors (Lipinski definition) is 1. The molecule has 0 aliphatic heterocycles. The van der Waals surface area contributed by atoms with Gasteiger partial charge in [0, 0.05) is 37.8 Å². The Labute approximate surface area is 95.4 Å². The van der Waals surface area contributed by atoms with Gasteiger partial charge in [0.1, 0.15) is 5.82 Å². The minimum absolute atomic E-state index is 0.826. The van der Waals surface area contributed by atoms with E-state index in [0.29, 0.717) is 0 Å². The predicted octanol–water partition coefficient (Wildman–Crippen LogP) is 2.21. The molecule has 1 N–H and O–H groups in total. The van der Waals surface area contributed by atoms with Gasteiger partial charge >= 0.3 is 0 Å². The number of aromatic amines is 1. The summed E-state index contributed by atoms with van der Waals surface area (Å²) >= 11 is 0. The van der Waals surface area contributed by atoms with Crippen molar-refractivity contribution < 1.29 is 0 Å². The molecule has 0 spiro atoms. The molecule has 2 aromatic rings. The van der Waals surface area contributed by atoms with Gasteiger partial charge in [0.25, 0.3) is 0 Å². The fourth-order valence-electron chi connectivity index (χ4n) is 1.09. The van der Waals surface area contributed by atoms with Crippen LogP contribution in [0, 0.1) is 0 Å². The summed E-state index contributed by atoms with van der Waals surface area (Å²) in [4.78, 5) is 10.8. The van der Waals surface area contributed by atoms with Crippen molar-refractivity contribution in [2.75, 3.05) is 0 Å². The van der Waals surface area contributed by atoms with Gasteiger partial charge < -0.3 is 9.55 Å². The van der Waals surface area contributed by atoms with E-state index in [1.807, 2.05) is 22.9 Å². The molecule has 0 amide bonds. The monoisotopic (exact) mass is 216 g/mol. The Balaban J connectivity index is 0.000000160. The summed E-state index contributed by atoms with van der Waals surface area (Å²) in [5.74, 6) is 0.972. The molecule has 0 aliphatic carbocycles. The minimum atomic E-state index is 0.826. The van der Waals surface area contributed by atoms with E-state index < -0.39 is 0 Å². The quantitative estimate of drug-likeness (QED) is 0.796. The maximum absolute atomic E-state index is 3.98. The van der Waals surface area contributed by atoms with Crippen molar-refractivity contribution in [3.8, 4) is 0 Å². The fraction of sp³-hybridized carbons (Fsp3) is 0.167. The Morgan fingerprint density at radius 3 is 2.69 bits per heavy atom. The molecule has 0 fully saturated rings. The van der Waals surface area contributed by atoms with E-state index in [9.17, 15) is 0 Å². The Morgan fingerprint density at radius 1 is 1.31 bits per heavy atom. The Hall–Kier alpha value is -2.10. The molecule has 0 radical (unpaired) electrons. The van der Waals surface area contributed by atoms with E-state index in [-0.39, 0.29) is 0 Å². The molecule has 2 aromatic heterocycles. The van der Waals surface area contributed by atoms with Crippen LogP contribution in [-0.4, -0.2) is 19.5 Å². The number of H-pyrrole nitrogens is 1. The summed E-state index contributed by atoms with van der Waals surface area (Å²) in [7, 11) is 0. The van der Waals surface area contributed by atoms with Crippen LogP contribution in [0.25, 0.3) is 0 Å². The number of aromatic nitrogens is 4. The molecule has 4 heteroatoms. The predicted molar refractivity (Wildman–Crippen MR) is 64.9 cm³/mol. The standard InChI is InChI=1S/2C6H8N2/c1-2-4-8-5-3-7-6-8;1-2-3-6-7-4-5-8-6/h2-3,5-6H,1,4H2;2,4-5H,1,3H2,(H,7,8). The molecule has 2 heterocycles. The van der Waals surface area contributed by atoms with Crippen LogP contribution in [0.5, 0.6) is 0 Å². The van der Waals surface area contributed by atoms with Gasteiger partial charge in [0.15, 0.2) is 0 Å². The van der Waals surface area contributed by atoms with Gasteiger partial charge in [-0.1, -0.05) is 12.2 Å². The number of rotatable bonds is 4. The van der Waals surface area contributed by atoms with E-state index in [4.69, 9.17) is 0 Å². The highest BCUT2D eigenvalue weighted by Crippen LogP contribution is 1.88. The SMILES string of the molecule is C=CCc1ncc[nH]1.C=CCn1ccnc1. The van der Waals surface area contributed by atoms with Crippen LogP contribution in [0.3, 0.4) is 0 Å². The molecule has 0 bridgehead atoms. The van der Waals surface area contributed by atoms with Crippen molar-refractivity contribution >= 4 is 0 Å². The second kappa shape index (κ2) is 7.23. The van der Waals surface area contributed by atoms with Crippen molar-refractivity contribution in [3.05, 3.63) is 62.2 Å². The summed E-state index contributed by atoms with van der Waals surface area (Å²) in [5, 5.41) is 0. The fourth-order valence-corrected chi connectivity index (χ4v) is 1.09. The maximum atomic E-state index is 3.98. The van der Waals surface area contributed by atoms with Crippen molar-refractivity contribution in [1.29, 1.82) is 0 Å².